The molecule has 4 heterocycles. The molecule has 10 heteroatoms. The van der Waals surface area contributed by atoms with E-state index in [1.165, 1.54) is 5.56 Å². The molecule has 0 bridgehead atoms. The third kappa shape index (κ3) is 6.74. The van der Waals surface area contributed by atoms with Crippen molar-refractivity contribution >= 4 is 22.8 Å². The number of rotatable bonds is 7. The lowest BCUT2D eigenvalue weighted by atomic mass is 10.0. The lowest BCUT2D eigenvalue weighted by Crippen LogP contribution is -2.47. The van der Waals surface area contributed by atoms with Crippen LogP contribution >= 0.6 is 0 Å². The molecule has 3 aromatic heterocycles. The second-order valence-electron chi connectivity index (χ2n) is 12.4. The standard InChI is InChI=1S/C35H39N7O3/c1-6-24-20-38-42(21-24)30-13-7-11-27-26(30)15-14-23(2)31(27)44-32-28(12-8-17-36-32)29-16-18-37-33(40-29)39-25-10-9-19-41(22-25)34(43)45-35(3,4)5/h7-8,11-18,20-21,25H,6,9-10,19,22H2,1-5H3,(H,37,39,40)/t25-/m0/s1. The van der Waals surface area contributed by atoms with Crippen LogP contribution in [0, 0.1) is 6.92 Å². The van der Waals surface area contributed by atoms with Gasteiger partial charge in [-0.25, -0.2) is 24.4 Å². The summed E-state index contributed by atoms with van der Waals surface area (Å²) in [5, 5.41) is 10.0. The Morgan fingerprint density at radius 2 is 1.91 bits per heavy atom. The molecular formula is C35H39N7O3. The van der Waals surface area contributed by atoms with Gasteiger partial charge in [-0.2, -0.15) is 5.10 Å². The molecule has 1 N–H and O–H groups in total. The fourth-order valence-corrected chi connectivity index (χ4v) is 5.54. The number of nitrogens with zero attached hydrogens (tertiary/aromatic N) is 6. The molecule has 232 valence electrons. The Morgan fingerprint density at radius 3 is 2.71 bits per heavy atom. The van der Waals surface area contributed by atoms with Crippen LogP contribution in [0.4, 0.5) is 10.7 Å². The van der Waals surface area contributed by atoms with E-state index in [-0.39, 0.29) is 12.1 Å². The molecule has 0 spiro atoms. The van der Waals surface area contributed by atoms with Crippen molar-refractivity contribution in [1.29, 1.82) is 0 Å². The van der Waals surface area contributed by atoms with Crippen LogP contribution in [0.2, 0.25) is 0 Å². The predicted octanol–water partition coefficient (Wildman–Crippen LogP) is 7.35. The Morgan fingerprint density at radius 1 is 1.04 bits per heavy atom. The van der Waals surface area contributed by atoms with E-state index in [9.17, 15) is 4.79 Å². The maximum Gasteiger partial charge on any atom is 0.410 e. The lowest BCUT2D eigenvalue weighted by molar-refractivity contribution is 0.0206. The van der Waals surface area contributed by atoms with Crippen LogP contribution in [0.5, 0.6) is 11.6 Å². The number of piperidine rings is 1. The summed E-state index contributed by atoms with van der Waals surface area (Å²) < 4.78 is 14.1. The largest absolute Gasteiger partial charge is 0.444 e. The summed E-state index contributed by atoms with van der Waals surface area (Å²) in [6.45, 7) is 11.0. The fraction of sp³-hybridized carbons (Fsp3) is 0.343. The zero-order chi connectivity index (χ0) is 31.6. The van der Waals surface area contributed by atoms with E-state index in [0.717, 1.165) is 52.6 Å². The van der Waals surface area contributed by atoms with Gasteiger partial charge in [0.1, 0.15) is 11.4 Å². The normalized spacial score (nSPS) is 15.2. The molecular weight excluding hydrogens is 566 g/mol. The van der Waals surface area contributed by atoms with Crippen molar-refractivity contribution < 1.29 is 14.3 Å². The number of pyridine rings is 1. The molecule has 0 saturated carbocycles. The number of anilines is 1. The van der Waals surface area contributed by atoms with Gasteiger partial charge in [-0.3, -0.25) is 0 Å². The molecule has 1 fully saturated rings. The molecule has 5 aromatic rings. The topological polar surface area (TPSA) is 107 Å². The molecule has 1 aliphatic heterocycles. The Kier molecular flexibility index (Phi) is 8.38. The summed E-state index contributed by atoms with van der Waals surface area (Å²) >= 11 is 0. The predicted molar refractivity (Wildman–Crippen MR) is 175 cm³/mol. The van der Waals surface area contributed by atoms with Crippen LogP contribution in [0.1, 0.15) is 51.7 Å². The smallest absolute Gasteiger partial charge is 0.410 e. The second kappa shape index (κ2) is 12.6. The lowest BCUT2D eigenvalue weighted by Gasteiger charge is -2.34. The van der Waals surface area contributed by atoms with E-state index in [1.54, 1.807) is 17.3 Å². The van der Waals surface area contributed by atoms with E-state index < -0.39 is 5.60 Å². The van der Waals surface area contributed by atoms with Gasteiger partial charge in [-0.15, -0.1) is 0 Å². The maximum atomic E-state index is 12.7. The first-order chi connectivity index (χ1) is 21.7. The van der Waals surface area contributed by atoms with Gasteiger partial charge in [-0.05, 0) is 82.3 Å². The van der Waals surface area contributed by atoms with Gasteiger partial charge in [-0.1, -0.05) is 31.2 Å². The first-order valence-electron chi connectivity index (χ1n) is 15.5. The van der Waals surface area contributed by atoms with Crippen LogP contribution in [0.25, 0.3) is 27.7 Å². The van der Waals surface area contributed by atoms with Crippen LogP contribution < -0.4 is 10.1 Å². The van der Waals surface area contributed by atoms with Crippen molar-refractivity contribution in [2.45, 2.75) is 65.5 Å². The molecule has 1 aliphatic rings. The number of benzene rings is 2. The number of hydrogen-bond acceptors (Lipinski definition) is 8. The Bertz CT molecular complexity index is 1830. The number of likely N-dealkylation sites (tertiary alicyclic amines) is 1. The van der Waals surface area contributed by atoms with Gasteiger partial charge in [0.2, 0.25) is 11.8 Å². The maximum absolute atomic E-state index is 12.7. The van der Waals surface area contributed by atoms with Crippen molar-refractivity contribution in [3.05, 3.63) is 84.4 Å². The number of aromatic nitrogens is 5. The monoisotopic (exact) mass is 605 g/mol. The third-order valence-corrected chi connectivity index (χ3v) is 7.78. The Balaban J connectivity index is 1.26. The van der Waals surface area contributed by atoms with E-state index in [4.69, 9.17) is 14.5 Å². The number of carbonyl (C=O) groups is 1. The minimum Gasteiger partial charge on any atom is -0.444 e. The van der Waals surface area contributed by atoms with E-state index >= 15 is 0 Å². The van der Waals surface area contributed by atoms with Crippen LogP contribution in [-0.4, -0.2) is 60.5 Å². The van der Waals surface area contributed by atoms with Crippen LogP contribution in [0.15, 0.2) is 73.3 Å². The Hall–Kier alpha value is -4.99. The highest BCUT2D eigenvalue weighted by molar-refractivity contribution is 5.95. The number of carbonyl (C=O) groups excluding carboxylic acids is 1. The van der Waals surface area contributed by atoms with Gasteiger partial charge in [0, 0.05) is 48.5 Å². The summed E-state index contributed by atoms with van der Waals surface area (Å²) in [4.78, 5) is 28.3. The molecule has 45 heavy (non-hydrogen) atoms. The molecule has 6 rings (SSSR count). The molecule has 0 aliphatic carbocycles. The molecule has 1 atom stereocenters. The van der Waals surface area contributed by atoms with Crippen LogP contribution in [-0.2, 0) is 11.2 Å². The first-order valence-corrected chi connectivity index (χ1v) is 15.5. The second-order valence-corrected chi connectivity index (χ2v) is 12.4. The molecule has 10 nitrogen and oxygen atoms in total. The fourth-order valence-electron chi connectivity index (χ4n) is 5.54. The SMILES string of the molecule is CCc1cnn(-c2cccc3c(Oc4ncccc4-c4ccnc(N[C@H]5CCCN(C(=O)OC(C)(C)C)C5)n4)c(C)ccc23)c1. The number of amides is 1. The molecule has 0 radical (unpaired) electrons. The minimum absolute atomic E-state index is 0.00172. The first kappa shape index (κ1) is 30.1. The summed E-state index contributed by atoms with van der Waals surface area (Å²) in [6.07, 6.45) is 9.79. The molecule has 1 amide bonds. The number of hydrogen-bond donors (Lipinski definition) is 1. The molecule has 2 aromatic carbocycles. The average molecular weight is 606 g/mol. The highest BCUT2D eigenvalue weighted by Crippen LogP contribution is 2.38. The van der Waals surface area contributed by atoms with Crippen LogP contribution in [0.3, 0.4) is 0 Å². The van der Waals surface area contributed by atoms with Crippen molar-refractivity contribution in [3.8, 4) is 28.6 Å². The number of ether oxygens (including phenoxy) is 2. The summed E-state index contributed by atoms with van der Waals surface area (Å²) in [6, 6.07) is 16.0. The quantitative estimate of drug-likeness (QED) is 0.205. The van der Waals surface area contributed by atoms with E-state index in [2.05, 4.69) is 57.8 Å². The molecule has 0 unspecified atom stereocenters. The molecule has 1 saturated heterocycles. The Labute approximate surface area is 263 Å². The highest BCUT2D eigenvalue weighted by Gasteiger charge is 2.28. The third-order valence-electron chi connectivity index (χ3n) is 7.78. The van der Waals surface area contributed by atoms with Crippen molar-refractivity contribution in [2.75, 3.05) is 18.4 Å². The highest BCUT2D eigenvalue weighted by atomic mass is 16.6. The van der Waals surface area contributed by atoms with Crippen molar-refractivity contribution in [1.82, 2.24) is 29.6 Å². The summed E-state index contributed by atoms with van der Waals surface area (Å²) in [5.41, 5.74) is 4.03. The van der Waals surface area contributed by atoms with Gasteiger partial charge in [0.15, 0.2) is 0 Å². The zero-order valence-electron chi connectivity index (χ0n) is 26.4. The van der Waals surface area contributed by atoms with Gasteiger partial charge in [0.25, 0.3) is 0 Å². The zero-order valence-corrected chi connectivity index (χ0v) is 26.4. The minimum atomic E-state index is -0.538. The van der Waals surface area contributed by atoms with Crippen molar-refractivity contribution in [2.24, 2.45) is 0 Å². The van der Waals surface area contributed by atoms with E-state index in [0.29, 0.717) is 30.6 Å². The van der Waals surface area contributed by atoms with Gasteiger partial charge < -0.3 is 19.7 Å². The average Bonchev–Trinajstić information content (AvgIpc) is 3.51. The number of fused-ring (bicyclic) bond motifs is 1. The summed E-state index contributed by atoms with van der Waals surface area (Å²) in [7, 11) is 0. The van der Waals surface area contributed by atoms with Gasteiger partial charge >= 0.3 is 6.09 Å². The summed E-state index contributed by atoms with van der Waals surface area (Å²) in [5.74, 6) is 1.66. The van der Waals surface area contributed by atoms with Crippen molar-refractivity contribution in [3.63, 3.8) is 0 Å². The van der Waals surface area contributed by atoms with E-state index in [1.807, 2.05) is 62.8 Å². The number of aryl methyl sites for hydroxylation is 2. The van der Waals surface area contributed by atoms with Gasteiger partial charge in [0.05, 0.1) is 23.1 Å². The number of nitrogens with one attached hydrogen (secondary N) is 1.